The molecule has 0 saturated heterocycles. The Morgan fingerprint density at radius 3 is 2.48 bits per heavy atom. The van der Waals surface area contributed by atoms with Crippen molar-refractivity contribution in [3.8, 4) is 6.07 Å². The highest BCUT2D eigenvalue weighted by molar-refractivity contribution is 6.28. The summed E-state index contributed by atoms with van der Waals surface area (Å²) in [5.41, 5.74) is 4.46. The molecular weight excluding hydrogens is 364 g/mol. The molecule has 0 fully saturated rings. The maximum Gasteiger partial charge on any atom is 0.192 e. The standard InChI is InChI=1S/C24H16N2O3/c25-11-13-4-6-14(7-5-13)21-20-15(2-1-3-19(20)27)10-17-22(21)24(29)16-8-9-26-12-18(16)23(17)28/h4-9,12,21H,1-3,10H2. The molecule has 5 heteroatoms. The third-order valence-electron chi connectivity index (χ3n) is 6.06. The van der Waals surface area contributed by atoms with Gasteiger partial charge in [0.05, 0.1) is 17.2 Å². The minimum atomic E-state index is -0.563. The lowest BCUT2D eigenvalue weighted by atomic mass is 9.65. The predicted molar refractivity (Wildman–Crippen MR) is 104 cm³/mol. The lowest BCUT2D eigenvalue weighted by Gasteiger charge is -2.36. The van der Waals surface area contributed by atoms with Gasteiger partial charge in [0.1, 0.15) is 0 Å². The molecule has 0 bridgehead atoms. The van der Waals surface area contributed by atoms with Crippen molar-refractivity contribution in [1.29, 1.82) is 5.26 Å². The summed E-state index contributed by atoms with van der Waals surface area (Å²) >= 11 is 0. The average molecular weight is 380 g/mol. The molecule has 3 aliphatic carbocycles. The van der Waals surface area contributed by atoms with Gasteiger partial charge in [0.25, 0.3) is 0 Å². The van der Waals surface area contributed by atoms with Crippen LogP contribution >= 0.6 is 0 Å². The van der Waals surface area contributed by atoms with E-state index in [4.69, 9.17) is 5.26 Å². The molecule has 5 nitrogen and oxygen atoms in total. The first kappa shape index (κ1) is 17.4. The van der Waals surface area contributed by atoms with E-state index in [-0.39, 0.29) is 17.3 Å². The highest BCUT2D eigenvalue weighted by Crippen LogP contribution is 2.49. The third kappa shape index (κ3) is 2.53. The number of carbonyl (C=O) groups is 3. The van der Waals surface area contributed by atoms with Crippen molar-refractivity contribution in [2.75, 3.05) is 0 Å². The van der Waals surface area contributed by atoms with Crippen LogP contribution in [0.15, 0.2) is 65.0 Å². The number of fused-ring (bicyclic) bond motifs is 1. The molecule has 1 aromatic carbocycles. The van der Waals surface area contributed by atoms with Crippen LogP contribution in [0.4, 0.5) is 0 Å². The number of nitrogens with zero attached hydrogens (tertiary/aromatic N) is 2. The lowest BCUT2D eigenvalue weighted by Crippen LogP contribution is -2.33. The van der Waals surface area contributed by atoms with Gasteiger partial charge in [-0.3, -0.25) is 19.4 Å². The normalized spacial score (nSPS) is 20.8. The van der Waals surface area contributed by atoms with E-state index in [0.29, 0.717) is 46.3 Å². The SMILES string of the molecule is N#Cc1ccc(C2C3=C(CCCC3=O)CC3=C2C(=O)c2ccncc2C3=O)cc1. The smallest absolute Gasteiger partial charge is 0.192 e. The second-order valence-electron chi connectivity index (χ2n) is 7.61. The number of hydrogen-bond donors (Lipinski definition) is 0. The van der Waals surface area contributed by atoms with Gasteiger partial charge >= 0.3 is 0 Å². The Balaban J connectivity index is 1.75. The monoisotopic (exact) mass is 380 g/mol. The molecule has 0 spiro atoms. The van der Waals surface area contributed by atoms with Gasteiger partial charge in [0.15, 0.2) is 17.3 Å². The molecule has 1 heterocycles. The van der Waals surface area contributed by atoms with Gasteiger partial charge in [-0.1, -0.05) is 17.7 Å². The van der Waals surface area contributed by atoms with Gasteiger partial charge in [0, 0.05) is 47.0 Å². The number of pyridine rings is 1. The first-order valence-corrected chi connectivity index (χ1v) is 9.61. The molecule has 3 aliphatic rings. The van der Waals surface area contributed by atoms with Crippen LogP contribution in [-0.2, 0) is 4.79 Å². The number of Topliss-reactive ketones (excluding diaryl/α,β-unsaturated/α-hetero) is 3. The number of carbonyl (C=O) groups excluding carboxylic acids is 3. The van der Waals surface area contributed by atoms with Crippen LogP contribution in [0.25, 0.3) is 0 Å². The number of rotatable bonds is 1. The second-order valence-corrected chi connectivity index (χ2v) is 7.61. The molecule has 1 unspecified atom stereocenters. The molecule has 140 valence electrons. The van der Waals surface area contributed by atoms with Crippen molar-refractivity contribution in [2.45, 2.75) is 31.6 Å². The van der Waals surface area contributed by atoms with E-state index in [1.165, 1.54) is 12.4 Å². The Morgan fingerprint density at radius 1 is 0.931 bits per heavy atom. The van der Waals surface area contributed by atoms with Crippen LogP contribution < -0.4 is 0 Å². The fraction of sp³-hybridized carbons (Fsp3) is 0.208. The van der Waals surface area contributed by atoms with Gasteiger partial charge in [-0.2, -0.15) is 5.26 Å². The highest BCUT2D eigenvalue weighted by atomic mass is 16.1. The summed E-state index contributed by atoms with van der Waals surface area (Å²) in [6.45, 7) is 0. The number of ketones is 3. The summed E-state index contributed by atoms with van der Waals surface area (Å²) in [4.78, 5) is 43.6. The van der Waals surface area contributed by atoms with Gasteiger partial charge < -0.3 is 0 Å². The lowest BCUT2D eigenvalue weighted by molar-refractivity contribution is -0.116. The van der Waals surface area contributed by atoms with E-state index < -0.39 is 5.92 Å². The number of allylic oxidation sites excluding steroid dienone is 4. The van der Waals surface area contributed by atoms with Crippen LogP contribution in [0.2, 0.25) is 0 Å². The maximum atomic E-state index is 13.5. The zero-order valence-corrected chi connectivity index (χ0v) is 15.6. The molecule has 0 radical (unpaired) electrons. The number of hydrogen-bond acceptors (Lipinski definition) is 5. The van der Waals surface area contributed by atoms with Crippen molar-refractivity contribution < 1.29 is 14.4 Å². The minimum absolute atomic E-state index is 0.0490. The predicted octanol–water partition coefficient (Wildman–Crippen LogP) is 3.87. The second kappa shape index (κ2) is 6.46. The molecule has 2 aromatic rings. The molecule has 5 rings (SSSR count). The van der Waals surface area contributed by atoms with E-state index in [9.17, 15) is 14.4 Å². The maximum absolute atomic E-state index is 13.5. The number of nitriles is 1. The zero-order valence-electron chi connectivity index (χ0n) is 15.6. The van der Waals surface area contributed by atoms with Crippen LogP contribution in [0.1, 0.15) is 63.4 Å². The fourth-order valence-corrected chi connectivity index (χ4v) is 4.74. The fourth-order valence-electron chi connectivity index (χ4n) is 4.74. The molecule has 0 saturated carbocycles. The van der Waals surface area contributed by atoms with E-state index >= 15 is 0 Å². The average Bonchev–Trinajstić information content (AvgIpc) is 2.76. The number of aromatic nitrogens is 1. The van der Waals surface area contributed by atoms with E-state index in [0.717, 1.165) is 24.0 Å². The largest absolute Gasteiger partial charge is 0.295 e. The third-order valence-corrected chi connectivity index (χ3v) is 6.06. The van der Waals surface area contributed by atoms with E-state index in [1.807, 2.05) is 0 Å². The van der Waals surface area contributed by atoms with Crippen molar-refractivity contribution in [3.63, 3.8) is 0 Å². The Labute approximate surface area is 167 Å². The Morgan fingerprint density at radius 2 is 1.72 bits per heavy atom. The summed E-state index contributed by atoms with van der Waals surface area (Å²) in [7, 11) is 0. The van der Waals surface area contributed by atoms with Crippen molar-refractivity contribution in [1.82, 2.24) is 4.98 Å². The zero-order chi connectivity index (χ0) is 20.1. The summed E-state index contributed by atoms with van der Waals surface area (Å²) in [5.74, 6) is -0.901. The number of benzene rings is 1. The Kier molecular flexibility index (Phi) is 3.88. The highest BCUT2D eigenvalue weighted by Gasteiger charge is 2.44. The first-order chi connectivity index (χ1) is 14.1. The molecule has 0 amide bonds. The summed E-state index contributed by atoms with van der Waals surface area (Å²) in [6.07, 6.45) is 5.28. The van der Waals surface area contributed by atoms with Crippen LogP contribution in [0.3, 0.4) is 0 Å². The summed E-state index contributed by atoms with van der Waals surface area (Å²) in [6, 6.07) is 10.6. The van der Waals surface area contributed by atoms with Crippen LogP contribution in [0.5, 0.6) is 0 Å². The summed E-state index contributed by atoms with van der Waals surface area (Å²) in [5, 5.41) is 9.11. The van der Waals surface area contributed by atoms with Gasteiger partial charge in [-0.05, 0) is 43.0 Å². The van der Waals surface area contributed by atoms with Crippen molar-refractivity contribution in [2.24, 2.45) is 0 Å². The topological polar surface area (TPSA) is 87.9 Å². The van der Waals surface area contributed by atoms with Crippen molar-refractivity contribution >= 4 is 17.3 Å². The van der Waals surface area contributed by atoms with Crippen molar-refractivity contribution in [3.05, 3.63) is 87.3 Å². The molecule has 0 N–H and O–H groups in total. The molecule has 1 atom stereocenters. The van der Waals surface area contributed by atoms with Gasteiger partial charge in [-0.25, -0.2) is 0 Å². The van der Waals surface area contributed by atoms with E-state index in [2.05, 4.69) is 11.1 Å². The van der Waals surface area contributed by atoms with Crippen LogP contribution in [0, 0.1) is 11.3 Å². The quantitative estimate of drug-likeness (QED) is 0.749. The first-order valence-electron chi connectivity index (χ1n) is 9.61. The minimum Gasteiger partial charge on any atom is -0.295 e. The Bertz CT molecular complexity index is 1210. The molecular formula is C24H16N2O3. The van der Waals surface area contributed by atoms with Gasteiger partial charge in [0.2, 0.25) is 0 Å². The van der Waals surface area contributed by atoms with E-state index in [1.54, 1.807) is 30.3 Å². The van der Waals surface area contributed by atoms with Gasteiger partial charge in [-0.15, -0.1) is 0 Å². The summed E-state index contributed by atoms with van der Waals surface area (Å²) < 4.78 is 0. The van der Waals surface area contributed by atoms with Crippen LogP contribution in [-0.4, -0.2) is 22.3 Å². The molecule has 0 aliphatic heterocycles. The molecule has 1 aromatic heterocycles. The Hall–Kier alpha value is -3.65. The molecule has 29 heavy (non-hydrogen) atoms.